The van der Waals surface area contributed by atoms with Crippen LogP contribution in [0.3, 0.4) is 0 Å². The quantitative estimate of drug-likeness (QED) is 0.0625. The first-order chi connectivity index (χ1) is 28.4. The molecule has 342 valence electrons. The molecule has 1 saturated heterocycles. The van der Waals surface area contributed by atoms with Crippen molar-refractivity contribution in [3.63, 3.8) is 0 Å². The maximum atomic E-state index is 14.0. The molecule has 1 fully saturated rings. The fraction of sp³-hybridized carbons (Fsp3) is 0.635. The third kappa shape index (κ3) is 13.7. The van der Waals surface area contributed by atoms with Crippen molar-refractivity contribution in [1.29, 1.82) is 0 Å². The average Bonchev–Trinajstić information content (AvgIpc) is 3.52. The second-order valence-corrected chi connectivity index (χ2v) is 29.8. The summed E-state index contributed by atoms with van der Waals surface area (Å²) < 4.78 is 39.7. The van der Waals surface area contributed by atoms with Crippen molar-refractivity contribution in [3.8, 4) is 0 Å². The highest BCUT2D eigenvalue weighted by Crippen LogP contribution is 2.41. The maximum absolute atomic E-state index is 14.0. The maximum Gasteiger partial charge on any atom is 0.339 e. The molecule has 0 amide bonds. The number of rotatable bonds is 23. The minimum atomic E-state index is -2.74. The van der Waals surface area contributed by atoms with Crippen LogP contribution in [0.5, 0.6) is 0 Å². The molecule has 0 bridgehead atoms. The molecule has 0 spiro atoms. The Balaban J connectivity index is 2.01. The molecule has 61 heavy (non-hydrogen) atoms. The summed E-state index contributed by atoms with van der Waals surface area (Å²) in [5.41, 5.74) is 0.999. The Hall–Kier alpha value is -2.64. The molecule has 9 atom stereocenters. The fourth-order valence-electron chi connectivity index (χ4n) is 8.74. The van der Waals surface area contributed by atoms with Crippen LogP contribution >= 0.6 is 0 Å². The van der Waals surface area contributed by atoms with Gasteiger partial charge >= 0.3 is 5.97 Å². The number of esters is 1. The van der Waals surface area contributed by atoms with E-state index in [9.17, 15) is 4.79 Å². The van der Waals surface area contributed by atoms with E-state index in [1.807, 2.05) is 27.0 Å². The highest BCUT2D eigenvalue weighted by molar-refractivity contribution is 6.99. The highest BCUT2D eigenvalue weighted by Gasteiger charge is 2.51. The number of ether oxygens (including phenoxy) is 4. The molecule has 1 heterocycles. The monoisotopic (exact) mass is 877 g/mol. The number of benzene rings is 2. The third-order valence-electron chi connectivity index (χ3n) is 13.3. The van der Waals surface area contributed by atoms with E-state index < -0.39 is 46.7 Å². The highest BCUT2D eigenvalue weighted by atomic mass is 28.4. The molecule has 2 aromatic rings. The van der Waals surface area contributed by atoms with E-state index in [0.717, 1.165) is 24.8 Å². The lowest BCUT2D eigenvalue weighted by Crippen LogP contribution is -2.66. The van der Waals surface area contributed by atoms with Crippen molar-refractivity contribution >= 4 is 33.0 Å². The number of allylic oxidation sites excluding steroid dienone is 1. The zero-order valence-electron chi connectivity index (χ0n) is 41.0. The summed E-state index contributed by atoms with van der Waals surface area (Å²) in [6.45, 7) is 41.5. The van der Waals surface area contributed by atoms with Crippen molar-refractivity contribution in [1.82, 2.24) is 0 Å². The molecule has 1 aliphatic heterocycles. The van der Waals surface area contributed by atoms with Crippen molar-refractivity contribution < 1.29 is 32.6 Å². The van der Waals surface area contributed by atoms with E-state index in [1.54, 1.807) is 6.08 Å². The van der Waals surface area contributed by atoms with Crippen LogP contribution in [0.1, 0.15) is 116 Å². The van der Waals surface area contributed by atoms with Gasteiger partial charge in [-0.05, 0) is 96.9 Å². The van der Waals surface area contributed by atoms with Crippen LogP contribution in [-0.2, 0) is 32.6 Å². The molecule has 0 radical (unpaired) electrons. The van der Waals surface area contributed by atoms with Gasteiger partial charge < -0.3 is 27.8 Å². The Bertz CT molecular complexity index is 1650. The number of hydrogen-bond acceptors (Lipinski definition) is 7. The average molecular weight is 877 g/mol. The van der Waals surface area contributed by atoms with Crippen LogP contribution < -0.4 is 10.4 Å². The van der Waals surface area contributed by atoms with Crippen LogP contribution in [0.4, 0.5) is 0 Å². The summed E-state index contributed by atoms with van der Waals surface area (Å²) >= 11 is 0. The lowest BCUT2D eigenvalue weighted by molar-refractivity contribution is -0.174. The van der Waals surface area contributed by atoms with Crippen LogP contribution in [0.2, 0.25) is 23.2 Å². The molecule has 9 heteroatoms. The van der Waals surface area contributed by atoms with Gasteiger partial charge in [-0.2, -0.15) is 0 Å². The summed E-state index contributed by atoms with van der Waals surface area (Å²) in [7, 11) is -3.19. The molecule has 0 aromatic heterocycles. The molecule has 2 aromatic carbocycles. The summed E-state index contributed by atoms with van der Waals surface area (Å²) in [5, 5.41) is 2.39. The second kappa shape index (κ2) is 22.3. The fourth-order valence-corrected chi connectivity index (χ4v) is 14.8. The van der Waals surface area contributed by atoms with Gasteiger partial charge in [0.15, 0.2) is 20.2 Å². The Labute approximate surface area is 374 Å². The van der Waals surface area contributed by atoms with Gasteiger partial charge in [0.05, 0.1) is 12.2 Å². The number of hydrogen-bond donors (Lipinski definition) is 0. The van der Waals surface area contributed by atoms with Crippen molar-refractivity contribution in [2.24, 2.45) is 23.7 Å². The predicted molar refractivity (Wildman–Crippen MR) is 259 cm³/mol. The Morgan fingerprint density at radius 3 is 1.89 bits per heavy atom. The molecule has 1 aliphatic rings. The van der Waals surface area contributed by atoms with Crippen LogP contribution in [0.15, 0.2) is 97.6 Å². The largest absolute Gasteiger partial charge is 0.456 e. The van der Waals surface area contributed by atoms with E-state index in [1.165, 1.54) is 10.4 Å². The van der Waals surface area contributed by atoms with Gasteiger partial charge in [-0.3, -0.25) is 0 Å². The number of carbonyl (C=O) groups is 1. The van der Waals surface area contributed by atoms with Gasteiger partial charge in [0.1, 0.15) is 12.2 Å². The summed E-state index contributed by atoms with van der Waals surface area (Å²) in [5.74, 6) is -0.892. The van der Waals surface area contributed by atoms with Gasteiger partial charge in [-0.25, -0.2) is 4.79 Å². The molecular weight excluding hydrogens is 793 g/mol. The van der Waals surface area contributed by atoms with Crippen molar-refractivity contribution in [2.45, 2.75) is 175 Å². The standard InChI is InChI=1S/C52H84O7Si2/c1-19-37(3)28-27-29-38(4)46(56-49(53)48-44(20-2)57-52(14,15)58-48)39(5)36-40(6)47(59-60(17,18)50(8,9)10)41(7)45(54-16)34-35-55-61(51(11,12)13,42-30-23-21-24-31-42)43-32-25-22-26-33-43/h19-26,30-33,36-38,40-41,44-48H,1-2,27-29,34-35H2,3-18H3/b39-36+/t37-,38-,40+,41+,44+,45+,46-,47-,48+/m0/s1. The minimum absolute atomic E-state index is 0.00755. The zero-order valence-corrected chi connectivity index (χ0v) is 43.0. The zero-order chi connectivity index (χ0) is 46.0. The third-order valence-corrected chi connectivity index (χ3v) is 22.9. The predicted octanol–water partition coefficient (Wildman–Crippen LogP) is 11.8. The van der Waals surface area contributed by atoms with E-state index in [2.05, 4.69) is 169 Å². The normalized spacial score (nSPS) is 21.1. The van der Waals surface area contributed by atoms with Crippen LogP contribution in [0, 0.1) is 23.7 Å². The molecule has 7 nitrogen and oxygen atoms in total. The second-order valence-electron chi connectivity index (χ2n) is 20.8. The SMILES string of the molecule is C=C[C@H](C)CCC[C@H](C)[C@H](OC(=O)[C@@H]1OC(C)(C)O[C@@H]1C=C)/C(C)=C/[C@@H](C)[C@H](O[Si](C)(C)C(C)(C)C)[C@H](C)[C@@H](CCO[Si](c1ccccc1)(c1ccccc1)C(C)(C)C)OC. The first-order valence-corrected chi connectivity index (χ1v) is 27.6. The molecule has 0 unspecified atom stereocenters. The summed E-state index contributed by atoms with van der Waals surface area (Å²) in [6.07, 6.45) is 7.27. The number of carbonyl (C=O) groups excluding carboxylic acids is 1. The number of methoxy groups -OCH3 is 1. The van der Waals surface area contributed by atoms with Crippen LogP contribution in [0.25, 0.3) is 0 Å². The van der Waals surface area contributed by atoms with E-state index in [4.69, 9.17) is 27.8 Å². The molecule has 0 N–H and O–H groups in total. The molecule has 0 saturated carbocycles. The van der Waals surface area contributed by atoms with E-state index >= 15 is 0 Å². The van der Waals surface area contributed by atoms with Gasteiger partial charge in [0, 0.05) is 19.6 Å². The van der Waals surface area contributed by atoms with Crippen LogP contribution in [-0.4, -0.2) is 72.6 Å². The first kappa shape index (κ1) is 52.7. The minimum Gasteiger partial charge on any atom is -0.456 e. The smallest absolute Gasteiger partial charge is 0.339 e. The topological polar surface area (TPSA) is 72.5 Å². The van der Waals surface area contributed by atoms with Crippen molar-refractivity contribution in [3.05, 3.63) is 97.6 Å². The Morgan fingerprint density at radius 1 is 0.852 bits per heavy atom. The van der Waals surface area contributed by atoms with E-state index in [0.29, 0.717) is 18.9 Å². The Morgan fingerprint density at radius 2 is 1.41 bits per heavy atom. The van der Waals surface area contributed by atoms with Gasteiger partial charge in [-0.1, -0.05) is 155 Å². The summed E-state index contributed by atoms with van der Waals surface area (Å²) in [4.78, 5) is 14.0. The first-order valence-electron chi connectivity index (χ1n) is 22.8. The lowest BCUT2D eigenvalue weighted by atomic mass is 9.85. The van der Waals surface area contributed by atoms with Gasteiger partial charge in [-0.15, -0.1) is 13.2 Å². The molecular formula is C52H84O7Si2. The molecule has 0 aliphatic carbocycles. The summed E-state index contributed by atoms with van der Waals surface area (Å²) in [6, 6.07) is 21.6. The lowest BCUT2D eigenvalue weighted by Gasteiger charge is -2.45. The Kier molecular flexibility index (Phi) is 19.3. The molecule has 3 rings (SSSR count). The van der Waals surface area contributed by atoms with E-state index in [-0.39, 0.29) is 40.0 Å². The van der Waals surface area contributed by atoms with Crippen molar-refractivity contribution in [2.75, 3.05) is 13.7 Å². The van der Waals surface area contributed by atoms with Gasteiger partial charge in [0.25, 0.3) is 8.32 Å². The van der Waals surface area contributed by atoms with Gasteiger partial charge in [0.2, 0.25) is 0 Å².